The zero-order chi connectivity index (χ0) is 13.5. The minimum Gasteiger partial charge on any atom is -0.353 e. The van der Waals surface area contributed by atoms with Crippen LogP contribution in [0.2, 0.25) is 0 Å². The molecule has 0 radical (unpaired) electrons. The van der Waals surface area contributed by atoms with E-state index in [0.29, 0.717) is 19.6 Å². The van der Waals surface area contributed by atoms with Crippen molar-refractivity contribution in [3.63, 3.8) is 0 Å². The van der Waals surface area contributed by atoms with Gasteiger partial charge in [-0.05, 0) is 12.8 Å². The number of nitrogens with zero attached hydrogens (tertiary/aromatic N) is 1. The summed E-state index contributed by atoms with van der Waals surface area (Å²) < 4.78 is 11.6. The van der Waals surface area contributed by atoms with Gasteiger partial charge in [0.2, 0.25) is 11.9 Å². The van der Waals surface area contributed by atoms with Gasteiger partial charge in [-0.3, -0.25) is 14.9 Å². The lowest BCUT2D eigenvalue weighted by Crippen LogP contribution is -2.36. The molecular formula is C12H18N2O5. The summed E-state index contributed by atoms with van der Waals surface area (Å²) in [6, 6.07) is -0.693. The maximum Gasteiger partial charge on any atom is 0.230 e. The normalized spacial score (nSPS) is 35.5. The van der Waals surface area contributed by atoms with Gasteiger partial charge in [0.25, 0.3) is 0 Å². The van der Waals surface area contributed by atoms with Crippen molar-refractivity contribution in [1.82, 2.24) is 5.32 Å². The van der Waals surface area contributed by atoms with E-state index in [1.54, 1.807) is 0 Å². The third-order valence-corrected chi connectivity index (χ3v) is 4.15. The van der Waals surface area contributed by atoms with Crippen molar-refractivity contribution < 1.29 is 19.2 Å². The van der Waals surface area contributed by atoms with Crippen molar-refractivity contribution >= 4 is 5.91 Å². The minimum atomic E-state index is -0.693. The fourth-order valence-electron chi connectivity index (χ4n) is 2.93. The molecule has 3 aliphatic rings. The number of nitrogens with one attached hydrogen (secondary N) is 1. The lowest BCUT2D eigenvalue weighted by molar-refractivity contribution is -0.497. The van der Waals surface area contributed by atoms with Crippen LogP contribution in [0.5, 0.6) is 0 Å². The van der Waals surface area contributed by atoms with Gasteiger partial charge < -0.3 is 14.8 Å². The summed E-state index contributed by atoms with van der Waals surface area (Å²) in [7, 11) is 0. The second kappa shape index (κ2) is 4.72. The zero-order valence-electron chi connectivity index (χ0n) is 10.7. The standard InChI is InChI=1S/C12H18N2O5/c15-11(9-5-10(9)14(16)17)13-6-8-7-18-12(19-8)3-1-2-4-12/h8-10H,1-7H2,(H,13,15)/t8-,9-,10+/m1/s1. The van der Waals surface area contributed by atoms with Gasteiger partial charge in [-0.1, -0.05) is 0 Å². The number of hydrogen-bond acceptors (Lipinski definition) is 5. The van der Waals surface area contributed by atoms with Crippen LogP contribution >= 0.6 is 0 Å². The molecule has 1 amide bonds. The summed E-state index contributed by atoms with van der Waals surface area (Å²) in [6.45, 7) is 0.866. The number of hydrogen-bond donors (Lipinski definition) is 1. The molecule has 1 aliphatic heterocycles. The Kier molecular flexibility index (Phi) is 3.18. The molecule has 3 fully saturated rings. The van der Waals surface area contributed by atoms with Gasteiger partial charge in [0.1, 0.15) is 12.0 Å². The van der Waals surface area contributed by atoms with Crippen LogP contribution in [0.3, 0.4) is 0 Å². The summed E-state index contributed by atoms with van der Waals surface area (Å²) >= 11 is 0. The highest BCUT2D eigenvalue weighted by Gasteiger charge is 2.53. The van der Waals surface area contributed by atoms with Crippen molar-refractivity contribution in [2.45, 2.75) is 50.0 Å². The molecule has 7 nitrogen and oxygen atoms in total. The van der Waals surface area contributed by atoms with Crippen LogP contribution in [0, 0.1) is 16.0 Å². The number of rotatable bonds is 4. The highest BCUT2D eigenvalue weighted by molar-refractivity contribution is 5.81. The van der Waals surface area contributed by atoms with E-state index in [2.05, 4.69) is 5.32 Å². The van der Waals surface area contributed by atoms with E-state index in [4.69, 9.17) is 9.47 Å². The number of nitro groups is 1. The first kappa shape index (κ1) is 12.8. The summed E-state index contributed by atoms with van der Waals surface area (Å²) in [6.07, 6.45) is 4.30. The Hall–Kier alpha value is -1.21. The van der Waals surface area contributed by atoms with Crippen LogP contribution in [0.1, 0.15) is 32.1 Å². The molecule has 1 saturated heterocycles. The smallest absolute Gasteiger partial charge is 0.230 e. The van der Waals surface area contributed by atoms with Crippen molar-refractivity contribution in [3.05, 3.63) is 10.1 Å². The van der Waals surface area contributed by atoms with E-state index in [0.717, 1.165) is 25.7 Å². The maximum atomic E-state index is 11.7. The first-order valence-corrected chi connectivity index (χ1v) is 6.83. The molecule has 0 aromatic carbocycles. The van der Waals surface area contributed by atoms with E-state index in [1.807, 2.05) is 0 Å². The van der Waals surface area contributed by atoms with E-state index >= 15 is 0 Å². The summed E-state index contributed by atoms with van der Waals surface area (Å²) in [5, 5.41) is 13.2. The van der Waals surface area contributed by atoms with Gasteiger partial charge in [0.15, 0.2) is 5.79 Å². The van der Waals surface area contributed by atoms with Gasteiger partial charge in [0, 0.05) is 30.7 Å². The number of carbonyl (C=O) groups is 1. The van der Waals surface area contributed by atoms with Gasteiger partial charge in [-0.2, -0.15) is 0 Å². The molecule has 3 atom stereocenters. The van der Waals surface area contributed by atoms with Gasteiger partial charge in [0.05, 0.1) is 6.61 Å². The monoisotopic (exact) mass is 270 g/mol. The van der Waals surface area contributed by atoms with Crippen LogP contribution < -0.4 is 5.32 Å². The van der Waals surface area contributed by atoms with Crippen LogP contribution in [-0.4, -0.2) is 41.9 Å². The Morgan fingerprint density at radius 1 is 1.42 bits per heavy atom. The molecule has 2 saturated carbocycles. The Morgan fingerprint density at radius 2 is 2.16 bits per heavy atom. The molecule has 7 heteroatoms. The number of carbonyl (C=O) groups excluding carboxylic acids is 1. The highest BCUT2D eigenvalue weighted by atomic mass is 16.7. The van der Waals surface area contributed by atoms with Gasteiger partial charge >= 0.3 is 0 Å². The van der Waals surface area contributed by atoms with Crippen LogP contribution in [0.15, 0.2) is 0 Å². The molecule has 0 aromatic heterocycles. The Labute approximate surface area is 110 Å². The maximum absolute atomic E-state index is 11.7. The summed E-state index contributed by atoms with van der Waals surface area (Å²) in [4.78, 5) is 21.8. The predicted octanol–water partition coefficient (Wildman–Crippen LogP) is 0.453. The average Bonchev–Trinajstić information content (AvgIpc) is 2.92. The van der Waals surface area contributed by atoms with E-state index in [1.165, 1.54) is 0 Å². The Bertz CT molecular complexity index is 394. The lowest BCUT2D eigenvalue weighted by Gasteiger charge is -2.21. The third kappa shape index (κ3) is 2.57. The predicted molar refractivity (Wildman–Crippen MR) is 63.9 cm³/mol. The molecule has 2 aliphatic carbocycles. The minimum absolute atomic E-state index is 0.130. The molecule has 3 rings (SSSR count). The molecule has 1 heterocycles. The SMILES string of the molecule is O=C(NC[C@@H]1COC2(CCCC2)O1)[C@@H]1C[C@@H]1[N+](=O)[O-]. The molecule has 19 heavy (non-hydrogen) atoms. The zero-order valence-corrected chi connectivity index (χ0v) is 10.7. The van der Waals surface area contributed by atoms with Crippen LogP contribution in [0.25, 0.3) is 0 Å². The van der Waals surface area contributed by atoms with Crippen molar-refractivity contribution in [2.75, 3.05) is 13.2 Å². The van der Waals surface area contributed by atoms with E-state index in [-0.39, 0.29) is 16.9 Å². The molecule has 0 aromatic rings. The lowest BCUT2D eigenvalue weighted by atomic mass is 10.2. The first-order chi connectivity index (χ1) is 9.10. The van der Waals surface area contributed by atoms with Crippen molar-refractivity contribution in [2.24, 2.45) is 5.92 Å². The molecule has 1 spiro atoms. The van der Waals surface area contributed by atoms with Crippen LogP contribution in [0.4, 0.5) is 0 Å². The second-order valence-corrected chi connectivity index (χ2v) is 5.61. The molecule has 106 valence electrons. The Balaban J connectivity index is 1.41. The quantitative estimate of drug-likeness (QED) is 0.591. The molecule has 0 bridgehead atoms. The van der Waals surface area contributed by atoms with Crippen molar-refractivity contribution in [1.29, 1.82) is 0 Å². The second-order valence-electron chi connectivity index (χ2n) is 5.61. The summed E-state index contributed by atoms with van der Waals surface area (Å²) in [5.41, 5.74) is 0. The molecule has 1 N–H and O–H groups in total. The molecule has 0 unspecified atom stereocenters. The topological polar surface area (TPSA) is 90.7 Å². The van der Waals surface area contributed by atoms with E-state index < -0.39 is 17.7 Å². The fourth-order valence-corrected chi connectivity index (χ4v) is 2.93. The first-order valence-electron chi connectivity index (χ1n) is 6.83. The van der Waals surface area contributed by atoms with Crippen LogP contribution in [-0.2, 0) is 14.3 Å². The number of amides is 1. The molecular weight excluding hydrogens is 252 g/mol. The fraction of sp³-hybridized carbons (Fsp3) is 0.917. The Morgan fingerprint density at radius 3 is 2.79 bits per heavy atom. The van der Waals surface area contributed by atoms with E-state index in [9.17, 15) is 14.9 Å². The highest BCUT2D eigenvalue weighted by Crippen LogP contribution is 2.39. The largest absolute Gasteiger partial charge is 0.353 e. The van der Waals surface area contributed by atoms with Gasteiger partial charge in [-0.15, -0.1) is 0 Å². The van der Waals surface area contributed by atoms with Gasteiger partial charge in [-0.25, -0.2) is 0 Å². The number of ether oxygens (including phenoxy) is 2. The third-order valence-electron chi connectivity index (χ3n) is 4.15. The average molecular weight is 270 g/mol. The van der Waals surface area contributed by atoms with Crippen molar-refractivity contribution in [3.8, 4) is 0 Å². The summed E-state index contributed by atoms with van der Waals surface area (Å²) in [5.74, 6) is -1.12.